The molecule has 0 aliphatic heterocycles. The summed E-state index contributed by atoms with van der Waals surface area (Å²) in [6.07, 6.45) is 1.19. The van der Waals surface area contributed by atoms with Crippen molar-refractivity contribution in [3.05, 3.63) is 0 Å². The van der Waals surface area contributed by atoms with E-state index in [0.717, 1.165) is 13.1 Å². The van der Waals surface area contributed by atoms with Gasteiger partial charge in [-0.1, -0.05) is 27.7 Å². The summed E-state index contributed by atoms with van der Waals surface area (Å²) in [6, 6.07) is 0.603. The molecule has 0 spiro atoms. The first kappa shape index (κ1) is 14.9. The van der Waals surface area contributed by atoms with Gasteiger partial charge in [0.2, 0.25) is 0 Å². The predicted octanol–water partition coefficient (Wildman–Crippen LogP) is 2.74. The van der Waals surface area contributed by atoms with Gasteiger partial charge in [0, 0.05) is 18.1 Å². The lowest BCUT2D eigenvalue weighted by Crippen LogP contribution is -2.49. The zero-order chi connectivity index (χ0) is 12.1. The second-order valence-corrected chi connectivity index (χ2v) is 5.45. The van der Waals surface area contributed by atoms with Crippen LogP contribution in [0, 0.1) is 5.92 Å². The van der Waals surface area contributed by atoms with Crippen molar-refractivity contribution in [3.8, 4) is 0 Å². The Labute approximate surface area is 96.4 Å². The quantitative estimate of drug-likeness (QED) is 0.701. The van der Waals surface area contributed by atoms with Crippen molar-refractivity contribution in [2.75, 3.05) is 20.1 Å². The van der Waals surface area contributed by atoms with E-state index in [1.807, 2.05) is 0 Å². The molecule has 2 nitrogen and oxygen atoms in total. The van der Waals surface area contributed by atoms with E-state index in [1.54, 1.807) is 0 Å². The van der Waals surface area contributed by atoms with Crippen molar-refractivity contribution in [2.45, 2.75) is 59.5 Å². The second kappa shape index (κ2) is 6.49. The number of rotatable bonds is 7. The molecule has 0 aromatic rings. The van der Waals surface area contributed by atoms with E-state index >= 15 is 0 Å². The third-order valence-electron chi connectivity index (χ3n) is 3.64. The Hall–Kier alpha value is -0.0800. The van der Waals surface area contributed by atoms with Gasteiger partial charge < -0.3 is 5.32 Å². The molecule has 0 heterocycles. The van der Waals surface area contributed by atoms with Gasteiger partial charge in [-0.2, -0.15) is 0 Å². The van der Waals surface area contributed by atoms with Crippen LogP contribution >= 0.6 is 0 Å². The fourth-order valence-corrected chi connectivity index (χ4v) is 1.59. The Morgan fingerprint density at radius 1 is 1.20 bits per heavy atom. The topological polar surface area (TPSA) is 15.3 Å². The van der Waals surface area contributed by atoms with Crippen molar-refractivity contribution in [1.82, 2.24) is 10.2 Å². The van der Waals surface area contributed by atoms with Gasteiger partial charge in [0.25, 0.3) is 0 Å². The molecule has 1 N–H and O–H groups in total. The maximum atomic E-state index is 3.57. The third-order valence-corrected chi connectivity index (χ3v) is 3.64. The van der Waals surface area contributed by atoms with Crippen LogP contribution in [-0.2, 0) is 0 Å². The summed E-state index contributed by atoms with van der Waals surface area (Å²) in [5.41, 5.74) is 0.308. The Bertz CT molecular complexity index is 164. The van der Waals surface area contributed by atoms with Crippen LogP contribution in [0.5, 0.6) is 0 Å². The lowest BCUT2D eigenvalue weighted by Gasteiger charge is -2.38. The Morgan fingerprint density at radius 2 is 1.73 bits per heavy atom. The molecule has 0 aromatic heterocycles. The van der Waals surface area contributed by atoms with Crippen molar-refractivity contribution in [1.29, 1.82) is 0 Å². The molecule has 0 amide bonds. The van der Waals surface area contributed by atoms with Crippen LogP contribution in [0.25, 0.3) is 0 Å². The molecule has 1 unspecified atom stereocenters. The van der Waals surface area contributed by atoms with Crippen LogP contribution in [-0.4, -0.2) is 36.6 Å². The van der Waals surface area contributed by atoms with E-state index in [2.05, 4.69) is 58.8 Å². The minimum absolute atomic E-state index is 0.308. The van der Waals surface area contributed by atoms with Crippen molar-refractivity contribution in [3.63, 3.8) is 0 Å². The average molecular weight is 214 g/mol. The fraction of sp³-hybridized carbons (Fsp3) is 1.00. The lowest BCUT2D eigenvalue weighted by molar-refractivity contribution is 0.125. The van der Waals surface area contributed by atoms with Crippen molar-refractivity contribution >= 4 is 0 Å². The number of hydrogen-bond donors (Lipinski definition) is 1. The van der Waals surface area contributed by atoms with Crippen LogP contribution in [0.3, 0.4) is 0 Å². The monoisotopic (exact) mass is 214 g/mol. The first-order valence-electron chi connectivity index (χ1n) is 6.29. The van der Waals surface area contributed by atoms with Crippen LogP contribution in [0.15, 0.2) is 0 Å². The minimum Gasteiger partial charge on any atom is -0.313 e. The number of likely N-dealkylation sites (N-methyl/N-ethyl adjacent to an activating group) is 2. The smallest absolute Gasteiger partial charge is 0.0217 e. The van der Waals surface area contributed by atoms with Crippen LogP contribution in [0.1, 0.15) is 48.0 Å². The summed E-state index contributed by atoms with van der Waals surface area (Å²) < 4.78 is 0. The van der Waals surface area contributed by atoms with Crippen LogP contribution in [0.2, 0.25) is 0 Å². The highest BCUT2D eigenvalue weighted by atomic mass is 15.2. The molecule has 0 aromatic carbocycles. The molecule has 0 aliphatic rings. The molecular weight excluding hydrogens is 184 g/mol. The van der Waals surface area contributed by atoms with Crippen molar-refractivity contribution in [2.24, 2.45) is 5.92 Å². The number of nitrogens with zero attached hydrogens (tertiary/aromatic N) is 1. The first-order chi connectivity index (χ1) is 6.85. The molecule has 0 saturated heterocycles. The molecule has 0 saturated carbocycles. The summed E-state index contributed by atoms with van der Waals surface area (Å²) in [6.45, 7) is 15.8. The zero-order valence-electron chi connectivity index (χ0n) is 11.7. The van der Waals surface area contributed by atoms with E-state index in [-0.39, 0.29) is 0 Å². The highest BCUT2D eigenvalue weighted by Gasteiger charge is 2.24. The molecule has 2 heteroatoms. The molecule has 1 atom stereocenters. The molecule has 0 fully saturated rings. The van der Waals surface area contributed by atoms with Crippen LogP contribution in [0.4, 0.5) is 0 Å². The maximum absolute atomic E-state index is 3.57. The molecule has 15 heavy (non-hydrogen) atoms. The van der Waals surface area contributed by atoms with Gasteiger partial charge in [0.05, 0.1) is 0 Å². The molecule has 0 aliphatic carbocycles. The Balaban J connectivity index is 4.28. The zero-order valence-corrected chi connectivity index (χ0v) is 11.7. The van der Waals surface area contributed by atoms with Crippen molar-refractivity contribution < 1.29 is 0 Å². The maximum Gasteiger partial charge on any atom is 0.0217 e. The second-order valence-electron chi connectivity index (χ2n) is 5.45. The van der Waals surface area contributed by atoms with Gasteiger partial charge in [-0.3, -0.25) is 4.90 Å². The normalized spacial score (nSPS) is 15.0. The molecular formula is C13H30N2. The standard InChI is InChI=1S/C13H30N2/c1-8-13(5,6)15(7)10-12(11(3)4)14-9-2/h11-12,14H,8-10H2,1-7H3. The van der Waals surface area contributed by atoms with E-state index in [9.17, 15) is 0 Å². The summed E-state index contributed by atoms with van der Waals surface area (Å²) >= 11 is 0. The molecule has 92 valence electrons. The van der Waals surface area contributed by atoms with E-state index in [0.29, 0.717) is 17.5 Å². The highest BCUT2D eigenvalue weighted by molar-refractivity contribution is 4.82. The van der Waals surface area contributed by atoms with Gasteiger partial charge in [0.15, 0.2) is 0 Å². The summed E-state index contributed by atoms with van der Waals surface area (Å²) in [5, 5.41) is 3.57. The highest BCUT2D eigenvalue weighted by Crippen LogP contribution is 2.17. The van der Waals surface area contributed by atoms with Gasteiger partial charge in [-0.25, -0.2) is 0 Å². The number of nitrogens with one attached hydrogen (secondary N) is 1. The predicted molar refractivity (Wildman–Crippen MR) is 69.3 cm³/mol. The largest absolute Gasteiger partial charge is 0.313 e. The fourth-order valence-electron chi connectivity index (χ4n) is 1.59. The molecule has 0 rings (SSSR count). The van der Waals surface area contributed by atoms with Crippen LogP contribution < -0.4 is 5.32 Å². The Morgan fingerprint density at radius 3 is 2.07 bits per heavy atom. The lowest BCUT2D eigenvalue weighted by atomic mass is 9.97. The first-order valence-corrected chi connectivity index (χ1v) is 6.29. The summed E-state index contributed by atoms with van der Waals surface area (Å²) in [5.74, 6) is 0.694. The SMILES string of the molecule is CCNC(CN(C)C(C)(C)CC)C(C)C. The average Bonchev–Trinajstić information content (AvgIpc) is 2.16. The Kier molecular flexibility index (Phi) is 6.46. The van der Waals surface area contributed by atoms with E-state index in [4.69, 9.17) is 0 Å². The number of hydrogen-bond acceptors (Lipinski definition) is 2. The summed E-state index contributed by atoms with van der Waals surface area (Å²) in [4.78, 5) is 2.47. The van der Waals surface area contributed by atoms with E-state index in [1.165, 1.54) is 6.42 Å². The molecule has 0 radical (unpaired) electrons. The molecule has 0 bridgehead atoms. The third kappa shape index (κ3) is 4.98. The van der Waals surface area contributed by atoms with E-state index < -0.39 is 0 Å². The minimum atomic E-state index is 0.308. The van der Waals surface area contributed by atoms with Gasteiger partial charge in [-0.15, -0.1) is 0 Å². The van der Waals surface area contributed by atoms with Gasteiger partial charge >= 0.3 is 0 Å². The summed E-state index contributed by atoms with van der Waals surface area (Å²) in [7, 11) is 2.23. The van der Waals surface area contributed by atoms with Gasteiger partial charge in [-0.05, 0) is 39.8 Å². The van der Waals surface area contributed by atoms with Gasteiger partial charge in [0.1, 0.15) is 0 Å².